The van der Waals surface area contributed by atoms with Gasteiger partial charge in [0, 0.05) is 316 Å². The molecular formula is C106H54N8O6. The standard InChI is InChI=1S/C64H6.C21H22N4O2.C16H18N4O.C5H8O3/c1-3-5-7-9-11-13-15-17-19-21-23-25-27-29-31-33-35-37-39-41-43-45-47-49-51-53-55-57-59-61-63-64-62-60-58-56-54-52-50-48-46-44-42-40-38-36-34-32-30-28-26-24-22-20-18-16-14-12-10-8-6-4-2;1-13-9-16(6-8-27-13)25-20-17-10-15(22-2)3-4-18(17)23-11-19(20)24-21(25)14-5-7-26-12-14;1-10-7-12(5-6-21-10)20-16-13-8-11(18-2)3-4-15(13)19-9-14(16)17;6-5(7)4-1-2-8-3-4/h1-2H3;3-4,10-11,13-14,16H,5-9,12H2,1H3;3-4,8-10,12H,5-7,17H2,1H3,(H,19,20);4H,1-3H2,(H,6,7)/t;13-,14+,16-;10-,12-;4-/m.110/s1. The summed E-state index contributed by atoms with van der Waals surface area (Å²) in [6, 6.07) is 11.9. The number of anilines is 2. The Balaban J connectivity index is 0.000000315. The van der Waals surface area contributed by atoms with Gasteiger partial charge in [0.2, 0.25) is 0 Å². The summed E-state index contributed by atoms with van der Waals surface area (Å²) >= 11 is 0. The Morgan fingerprint density at radius 1 is 0.425 bits per heavy atom. The van der Waals surface area contributed by atoms with Crippen LogP contribution in [0.5, 0.6) is 0 Å². The van der Waals surface area contributed by atoms with Gasteiger partial charge in [-0.05, 0) is 185 Å². The van der Waals surface area contributed by atoms with Gasteiger partial charge in [0.15, 0.2) is 11.4 Å². The summed E-state index contributed by atoms with van der Waals surface area (Å²) < 4.78 is 24.3. The molecule has 0 spiro atoms. The van der Waals surface area contributed by atoms with E-state index in [1.165, 1.54) is 0 Å². The Morgan fingerprint density at radius 2 is 0.758 bits per heavy atom. The third-order valence-corrected chi connectivity index (χ3v) is 14.8. The summed E-state index contributed by atoms with van der Waals surface area (Å²) in [5.74, 6) is 156. The maximum Gasteiger partial charge on any atom is 0.308 e. The Hall–Kier alpha value is -19.0. The number of pyridine rings is 2. The van der Waals surface area contributed by atoms with E-state index in [0.717, 1.165) is 103 Å². The molecule has 4 N–H and O–H groups in total. The topological polar surface area (TPSA) is 165 Å². The zero-order chi connectivity index (χ0) is 85.0. The summed E-state index contributed by atoms with van der Waals surface area (Å²) in [7, 11) is 0. The fourth-order valence-electron chi connectivity index (χ4n) is 9.88. The average molecular weight is 1540 g/mol. The van der Waals surface area contributed by atoms with Gasteiger partial charge in [-0.1, -0.05) is 24.0 Å². The second-order valence-corrected chi connectivity index (χ2v) is 22.9. The molecule has 0 bridgehead atoms. The molecule has 0 amide bonds. The molecule has 120 heavy (non-hydrogen) atoms. The van der Waals surface area contributed by atoms with Crippen LogP contribution in [-0.2, 0) is 23.7 Å². The van der Waals surface area contributed by atoms with Crippen molar-refractivity contribution in [2.24, 2.45) is 5.92 Å². The SMILES string of the molecule is CC#CC#CC#CC#CC#CC#CC#CC#CC#CC#CC#CC#CC#CC#CC#CC#CC#CC#CC#CC#CC#CC#CC#CC#CC#CC#CC#CC#CC#CC#CC#CC.O=C(O)[C@H]1CCOC1.[C-]#[N+]c1ccc2ncc(N)c(N[C@@H]3CCO[C@H](C)C3)c2c1.[C-]#[N+]c1ccc2ncc3nc([C@H]4CCOC4)n([C@@H]4CCO[C@H](C)C4)c3c2c1. The van der Waals surface area contributed by atoms with Crippen LogP contribution in [0.3, 0.4) is 0 Å². The first-order valence-electron chi connectivity index (χ1n) is 35.6. The number of hydrogen-bond donors (Lipinski definition) is 3. The van der Waals surface area contributed by atoms with Crippen LogP contribution in [0, 0.1) is 386 Å². The molecule has 554 valence electrons. The summed E-state index contributed by atoms with van der Waals surface area (Å²) in [5.41, 5.74) is 12.6. The molecule has 5 aromatic rings. The molecule has 14 heteroatoms. The number of imidazole rings is 1. The molecule has 3 aromatic heterocycles. The first-order chi connectivity index (χ1) is 59.1. The van der Waals surface area contributed by atoms with Gasteiger partial charge >= 0.3 is 5.97 Å². The van der Waals surface area contributed by atoms with Crippen LogP contribution in [0.25, 0.3) is 42.5 Å². The number of aromatic nitrogens is 4. The molecule has 9 rings (SSSR count). The van der Waals surface area contributed by atoms with Crippen molar-refractivity contribution in [2.75, 3.05) is 50.7 Å². The van der Waals surface area contributed by atoms with Gasteiger partial charge in [0.1, 0.15) is 11.3 Å². The Labute approximate surface area is 703 Å². The molecule has 0 aliphatic carbocycles. The van der Waals surface area contributed by atoms with Crippen LogP contribution in [0.4, 0.5) is 22.7 Å². The number of ether oxygens (including phenoxy) is 4. The number of nitrogens with zero attached hydrogens (tertiary/aromatic N) is 6. The number of aliphatic carboxylic acids is 1. The van der Waals surface area contributed by atoms with Crippen molar-refractivity contribution in [1.82, 2.24) is 19.5 Å². The monoisotopic (exact) mass is 1530 g/mol. The van der Waals surface area contributed by atoms with E-state index >= 15 is 0 Å². The molecule has 4 aliphatic heterocycles. The molecule has 4 fully saturated rings. The van der Waals surface area contributed by atoms with Crippen LogP contribution in [0.15, 0.2) is 48.8 Å². The molecule has 4 saturated heterocycles. The first-order valence-corrected chi connectivity index (χ1v) is 35.6. The van der Waals surface area contributed by atoms with Crippen molar-refractivity contribution in [3.8, 4) is 367 Å². The zero-order valence-electron chi connectivity index (χ0n) is 64.8. The highest BCUT2D eigenvalue weighted by molar-refractivity contribution is 6.04. The molecule has 0 unspecified atom stereocenters. The molecule has 7 heterocycles. The van der Waals surface area contributed by atoms with Gasteiger partial charge in [0.05, 0.1) is 84.8 Å². The highest BCUT2D eigenvalue weighted by Crippen LogP contribution is 2.39. The number of rotatable bonds is 5. The fraction of sp³-hybridized carbons (Fsp3) is 0.208. The predicted octanol–water partition coefficient (Wildman–Crippen LogP) is 8.97. The summed E-state index contributed by atoms with van der Waals surface area (Å²) in [6.07, 6.45) is 9.56. The number of hydrogen-bond acceptors (Lipinski definition) is 10. The second kappa shape index (κ2) is 58.0. The zero-order valence-corrected chi connectivity index (χ0v) is 64.8. The van der Waals surface area contributed by atoms with E-state index in [0.29, 0.717) is 54.7 Å². The molecule has 0 radical (unpaired) electrons. The quantitative estimate of drug-likeness (QED) is 0.114. The maximum absolute atomic E-state index is 10.1. The van der Waals surface area contributed by atoms with Crippen molar-refractivity contribution in [3.05, 3.63) is 77.5 Å². The van der Waals surface area contributed by atoms with Crippen molar-refractivity contribution in [2.45, 2.75) is 96.4 Å². The van der Waals surface area contributed by atoms with Crippen LogP contribution in [0.1, 0.15) is 84.0 Å². The highest BCUT2D eigenvalue weighted by atomic mass is 16.5. The van der Waals surface area contributed by atoms with Crippen molar-refractivity contribution in [3.63, 3.8) is 0 Å². The summed E-state index contributed by atoms with van der Waals surface area (Å²) in [5, 5.41) is 13.8. The van der Waals surface area contributed by atoms with Crippen molar-refractivity contribution >= 4 is 61.6 Å². The lowest BCUT2D eigenvalue weighted by molar-refractivity contribution is -0.141. The van der Waals surface area contributed by atoms with E-state index in [9.17, 15) is 4.79 Å². The van der Waals surface area contributed by atoms with Crippen LogP contribution in [-0.4, -0.2) is 88.5 Å². The van der Waals surface area contributed by atoms with E-state index in [1.54, 1.807) is 26.1 Å². The molecule has 14 nitrogen and oxygen atoms in total. The lowest BCUT2D eigenvalue weighted by atomic mass is 10.0. The number of nitrogens with two attached hydrogens (primary N) is 1. The maximum atomic E-state index is 10.1. The third kappa shape index (κ3) is 37.1. The number of nitrogens with one attached hydrogen (secondary N) is 1. The fourth-order valence-corrected chi connectivity index (χ4v) is 9.88. The van der Waals surface area contributed by atoms with E-state index in [4.69, 9.17) is 47.9 Å². The smallest absolute Gasteiger partial charge is 0.308 e. The van der Waals surface area contributed by atoms with E-state index in [2.05, 4.69) is 410 Å². The Morgan fingerprint density at radius 3 is 1.07 bits per heavy atom. The number of benzene rings is 2. The van der Waals surface area contributed by atoms with Gasteiger partial charge < -0.3 is 39.7 Å². The van der Waals surface area contributed by atoms with E-state index < -0.39 is 5.97 Å². The molecule has 4 aliphatic rings. The number of carboxylic acids is 1. The van der Waals surface area contributed by atoms with Gasteiger partial charge in [-0.2, -0.15) is 0 Å². The second-order valence-electron chi connectivity index (χ2n) is 22.9. The Bertz CT molecular complexity index is 6930. The molecule has 2 aromatic carbocycles. The minimum absolute atomic E-state index is 0.237. The van der Waals surface area contributed by atoms with Crippen molar-refractivity contribution < 1.29 is 28.8 Å². The third-order valence-electron chi connectivity index (χ3n) is 14.8. The van der Waals surface area contributed by atoms with Crippen LogP contribution in [0.2, 0.25) is 0 Å². The average Bonchev–Trinajstić information content (AvgIpc) is 1.58. The lowest BCUT2D eigenvalue weighted by Crippen LogP contribution is -2.32. The molecule has 0 saturated carbocycles. The largest absolute Gasteiger partial charge is 0.481 e. The summed E-state index contributed by atoms with van der Waals surface area (Å²) in [4.78, 5) is 31.2. The predicted molar refractivity (Wildman–Crippen MR) is 467 cm³/mol. The lowest BCUT2D eigenvalue weighted by Gasteiger charge is -2.31. The minimum atomic E-state index is -0.734. The van der Waals surface area contributed by atoms with Gasteiger partial charge in [0.25, 0.3) is 0 Å². The van der Waals surface area contributed by atoms with Crippen molar-refractivity contribution in [1.29, 1.82) is 0 Å². The van der Waals surface area contributed by atoms with Crippen LogP contribution >= 0.6 is 0 Å². The Kier molecular flexibility index (Phi) is 43.4. The van der Waals surface area contributed by atoms with Gasteiger partial charge in [-0.15, -0.1) is 0 Å². The molecular weight excluding hydrogens is 1480 g/mol. The van der Waals surface area contributed by atoms with Gasteiger partial charge in [-0.3, -0.25) is 14.8 Å². The van der Waals surface area contributed by atoms with E-state index in [1.807, 2.05) is 36.5 Å². The summed E-state index contributed by atoms with van der Waals surface area (Å²) in [6.45, 7) is 26.2. The number of carboxylic acid groups (broad SMARTS) is 1. The first kappa shape index (κ1) is 89.9. The van der Waals surface area contributed by atoms with Gasteiger partial charge in [-0.25, -0.2) is 14.7 Å². The number of carbonyl (C=O) groups is 1. The normalized spacial score (nSPS) is 13.7. The van der Waals surface area contributed by atoms with E-state index in [-0.39, 0.29) is 18.1 Å². The molecule has 6 atom stereocenters. The minimum Gasteiger partial charge on any atom is -0.481 e. The highest BCUT2D eigenvalue weighted by Gasteiger charge is 2.31. The number of nitrogen functional groups attached to an aromatic ring is 1. The number of fused-ring (bicyclic) bond motifs is 4. The van der Waals surface area contributed by atoms with Crippen LogP contribution < -0.4 is 11.1 Å².